The van der Waals surface area contributed by atoms with Crippen LogP contribution in [-0.4, -0.2) is 34.5 Å². The number of carboxylic acid groups (broad SMARTS) is 1. The number of ether oxygens (including phenoxy) is 1. The van der Waals surface area contributed by atoms with Gasteiger partial charge in [0, 0.05) is 12.1 Å². The van der Waals surface area contributed by atoms with E-state index < -0.39 is 12.0 Å². The lowest BCUT2D eigenvalue weighted by Crippen LogP contribution is -2.31. The van der Waals surface area contributed by atoms with E-state index in [4.69, 9.17) is 9.84 Å². The minimum Gasteiger partial charge on any atom is -0.488 e. The molecule has 0 bridgehead atoms. The van der Waals surface area contributed by atoms with Gasteiger partial charge in [-0.25, -0.2) is 9.59 Å². The molecule has 0 saturated carbocycles. The van der Waals surface area contributed by atoms with Crippen LogP contribution in [-0.2, 0) is 11.4 Å². The van der Waals surface area contributed by atoms with Gasteiger partial charge in [0.05, 0.1) is 5.56 Å². The number of carbonyl (C=O) groups excluding carboxylic acids is 2. The number of carbonyl (C=O) groups is 3. The minimum atomic E-state index is -0.982. The van der Waals surface area contributed by atoms with Gasteiger partial charge in [-0.3, -0.25) is 9.69 Å². The highest BCUT2D eigenvalue weighted by atomic mass is 16.5. The minimum absolute atomic E-state index is 0.209. The number of carboxylic acids is 1. The molecule has 144 valence electrons. The number of nitrogens with one attached hydrogen (secondary N) is 1. The van der Waals surface area contributed by atoms with Crippen LogP contribution in [0.1, 0.15) is 34.8 Å². The molecular formula is C21H20N2O5. The summed E-state index contributed by atoms with van der Waals surface area (Å²) in [5.41, 5.74) is 1.89. The first-order valence-electron chi connectivity index (χ1n) is 8.88. The van der Waals surface area contributed by atoms with E-state index in [0.29, 0.717) is 24.3 Å². The number of hydrogen-bond acceptors (Lipinski definition) is 4. The number of rotatable bonds is 7. The second-order valence-electron chi connectivity index (χ2n) is 6.27. The molecule has 7 heteroatoms. The molecule has 0 unspecified atom stereocenters. The average Bonchev–Trinajstić information content (AvgIpc) is 2.95. The van der Waals surface area contributed by atoms with Crippen molar-refractivity contribution in [2.24, 2.45) is 0 Å². The molecule has 1 fully saturated rings. The normalized spacial score (nSPS) is 15.0. The number of aromatic carboxylic acids is 1. The lowest BCUT2D eigenvalue weighted by Gasteiger charge is -2.10. The molecule has 0 aliphatic carbocycles. The first-order valence-corrected chi connectivity index (χ1v) is 8.88. The van der Waals surface area contributed by atoms with E-state index in [2.05, 4.69) is 5.32 Å². The van der Waals surface area contributed by atoms with E-state index in [0.717, 1.165) is 5.56 Å². The molecule has 1 saturated heterocycles. The van der Waals surface area contributed by atoms with E-state index in [1.165, 1.54) is 17.0 Å². The van der Waals surface area contributed by atoms with Crippen LogP contribution in [0.2, 0.25) is 0 Å². The van der Waals surface area contributed by atoms with Crippen molar-refractivity contribution >= 4 is 24.0 Å². The predicted molar refractivity (Wildman–Crippen MR) is 103 cm³/mol. The fraction of sp³-hybridized carbons (Fsp3) is 0.190. The molecule has 2 aromatic carbocycles. The largest absolute Gasteiger partial charge is 0.488 e. The van der Waals surface area contributed by atoms with Crippen LogP contribution in [0.3, 0.4) is 0 Å². The first kappa shape index (κ1) is 19.2. The maximum atomic E-state index is 12.4. The molecule has 0 radical (unpaired) electrons. The monoisotopic (exact) mass is 380 g/mol. The third-order valence-electron chi connectivity index (χ3n) is 4.22. The van der Waals surface area contributed by atoms with Gasteiger partial charge in [-0.05, 0) is 36.3 Å². The van der Waals surface area contributed by atoms with Gasteiger partial charge in [-0.2, -0.15) is 0 Å². The summed E-state index contributed by atoms with van der Waals surface area (Å²) in [5, 5.41) is 11.5. The lowest BCUT2D eigenvalue weighted by molar-refractivity contribution is -0.122. The Labute approximate surface area is 162 Å². The van der Waals surface area contributed by atoms with Crippen molar-refractivity contribution in [3.8, 4) is 5.75 Å². The summed E-state index contributed by atoms with van der Waals surface area (Å²) in [5.74, 6) is -0.788. The van der Waals surface area contributed by atoms with Gasteiger partial charge in [0.25, 0.3) is 5.91 Å². The Bertz CT molecular complexity index is 934. The molecule has 0 atom stereocenters. The number of hydrogen-bond donors (Lipinski definition) is 2. The fourth-order valence-corrected chi connectivity index (χ4v) is 2.79. The summed E-state index contributed by atoms with van der Waals surface area (Å²) in [6, 6.07) is 13.2. The van der Waals surface area contributed by atoms with Crippen LogP contribution < -0.4 is 10.1 Å². The third-order valence-corrected chi connectivity index (χ3v) is 4.22. The summed E-state index contributed by atoms with van der Waals surface area (Å²) >= 11 is 0. The molecule has 7 nitrogen and oxygen atoms in total. The van der Waals surface area contributed by atoms with Gasteiger partial charge in [-0.15, -0.1) is 0 Å². The van der Waals surface area contributed by atoms with Gasteiger partial charge in [0.2, 0.25) is 0 Å². The predicted octanol–water partition coefficient (Wildman–Crippen LogP) is 3.27. The van der Waals surface area contributed by atoms with Crippen molar-refractivity contribution in [1.82, 2.24) is 10.2 Å². The molecule has 28 heavy (non-hydrogen) atoms. The Kier molecular flexibility index (Phi) is 5.74. The number of nitrogens with zero attached hydrogens (tertiary/aromatic N) is 1. The van der Waals surface area contributed by atoms with E-state index in [-0.39, 0.29) is 23.8 Å². The highest BCUT2D eigenvalue weighted by Gasteiger charge is 2.32. The highest BCUT2D eigenvalue weighted by Crippen LogP contribution is 2.24. The number of benzene rings is 2. The van der Waals surface area contributed by atoms with Crippen LogP contribution in [0.4, 0.5) is 4.79 Å². The smallest absolute Gasteiger partial charge is 0.335 e. The van der Waals surface area contributed by atoms with Gasteiger partial charge in [0.15, 0.2) is 0 Å². The Morgan fingerprint density at radius 3 is 2.54 bits per heavy atom. The quantitative estimate of drug-likeness (QED) is 0.568. The second-order valence-corrected chi connectivity index (χ2v) is 6.27. The van der Waals surface area contributed by atoms with Crippen molar-refractivity contribution < 1.29 is 24.2 Å². The summed E-state index contributed by atoms with van der Waals surface area (Å²) in [6.45, 7) is 2.50. The zero-order valence-electron chi connectivity index (χ0n) is 15.3. The standard InChI is InChI=1S/C21H20N2O5/c1-2-11-23-19(24)17(22-21(23)27)12-16-5-3-4-6-18(16)28-13-14-7-9-15(10-8-14)20(25)26/h3-10,12H,2,11,13H2,1H3,(H,22,27)(H,25,26). The lowest BCUT2D eigenvalue weighted by atomic mass is 10.1. The van der Waals surface area contributed by atoms with Gasteiger partial charge in [-0.1, -0.05) is 37.3 Å². The SMILES string of the molecule is CCCN1C(=O)NC(=Cc2ccccc2OCc2ccc(C(=O)O)cc2)C1=O. The topological polar surface area (TPSA) is 95.9 Å². The Hall–Kier alpha value is -3.61. The van der Waals surface area contributed by atoms with Crippen LogP contribution >= 0.6 is 0 Å². The number of para-hydroxylation sites is 1. The second kappa shape index (κ2) is 8.39. The van der Waals surface area contributed by atoms with Crippen molar-refractivity contribution in [2.45, 2.75) is 20.0 Å². The van der Waals surface area contributed by atoms with Crippen LogP contribution in [0.5, 0.6) is 5.75 Å². The number of urea groups is 1. The summed E-state index contributed by atoms with van der Waals surface area (Å²) < 4.78 is 5.84. The van der Waals surface area contributed by atoms with E-state index in [1.54, 1.807) is 30.3 Å². The van der Waals surface area contributed by atoms with Crippen LogP contribution in [0.25, 0.3) is 6.08 Å². The molecule has 3 amide bonds. The molecule has 2 aromatic rings. The number of amides is 3. The first-order chi connectivity index (χ1) is 13.5. The van der Waals surface area contributed by atoms with E-state index >= 15 is 0 Å². The third kappa shape index (κ3) is 4.20. The summed E-state index contributed by atoms with van der Waals surface area (Å²) in [4.78, 5) is 36.4. The van der Waals surface area contributed by atoms with Crippen molar-refractivity contribution in [3.05, 3.63) is 70.9 Å². The molecule has 1 aliphatic rings. The Morgan fingerprint density at radius 1 is 1.14 bits per heavy atom. The van der Waals surface area contributed by atoms with Gasteiger partial charge in [0.1, 0.15) is 18.1 Å². The van der Waals surface area contributed by atoms with E-state index in [9.17, 15) is 14.4 Å². The van der Waals surface area contributed by atoms with Crippen molar-refractivity contribution in [3.63, 3.8) is 0 Å². The molecule has 3 rings (SSSR count). The highest BCUT2D eigenvalue weighted by molar-refractivity contribution is 6.14. The molecular weight excluding hydrogens is 360 g/mol. The van der Waals surface area contributed by atoms with Gasteiger partial charge >= 0.3 is 12.0 Å². The zero-order chi connectivity index (χ0) is 20.1. The zero-order valence-corrected chi connectivity index (χ0v) is 15.3. The summed E-state index contributed by atoms with van der Waals surface area (Å²) in [7, 11) is 0. The molecule has 0 aromatic heterocycles. The molecule has 0 spiro atoms. The molecule has 1 aliphatic heterocycles. The number of imide groups is 1. The molecule has 1 heterocycles. The van der Waals surface area contributed by atoms with E-state index in [1.807, 2.05) is 19.1 Å². The van der Waals surface area contributed by atoms with Crippen molar-refractivity contribution in [1.29, 1.82) is 0 Å². The fourth-order valence-electron chi connectivity index (χ4n) is 2.79. The van der Waals surface area contributed by atoms with Crippen LogP contribution in [0.15, 0.2) is 54.2 Å². The average molecular weight is 380 g/mol. The molecule has 2 N–H and O–H groups in total. The summed E-state index contributed by atoms with van der Waals surface area (Å²) in [6.07, 6.45) is 2.28. The Morgan fingerprint density at radius 2 is 1.86 bits per heavy atom. The Balaban J connectivity index is 1.75. The van der Waals surface area contributed by atoms with Crippen LogP contribution in [0, 0.1) is 0 Å². The maximum absolute atomic E-state index is 12.4. The van der Waals surface area contributed by atoms with Gasteiger partial charge < -0.3 is 15.2 Å². The maximum Gasteiger partial charge on any atom is 0.335 e. The van der Waals surface area contributed by atoms with Crippen molar-refractivity contribution in [2.75, 3.05) is 6.54 Å².